The Labute approximate surface area is 184 Å². The van der Waals surface area contributed by atoms with Crippen LogP contribution in [0, 0.1) is 0 Å². The molecule has 0 N–H and O–H groups in total. The van der Waals surface area contributed by atoms with Gasteiger partial charge in [-0.2, -0.15) is 13.2 Å². The summed E-state index contributed by atoms with van der Waals surface area (Å²) >= 11 is 0. The molecule has 1 aliphatic rings. The van der Waals surface area contributed by atoms with E-state index >= 15 is 0 Å². The van der Waals surface area contributed by atoms with Gasteiger partial charge >= 0.3 is 6.18 Å². The van der Waals surface area contributed by atoms with Gasteiger partial charge in [0, 0.05) is 18.7 Å². The molecule has 32 heavy (non-hydrogen) atoms. The molecule has 6 nitrogen and oxygen atoms in total. The summed E-state index contributed by atoms with van der Waals surface area (Å²) in [6.45, 7) is 6.25. The molecule has 10 heteroatoms. The molecule has 0 aliphatic carbocycles. The minimum Gasteiger partial charge on any atom is -0.375 e. The minimum absolute atomic E-state index is 0.136. The van der Waals surface area contributed by atoms with Crippen molar-refractivity contribution >= 4 is 21.6 Å². The van der Waals surface area contributed by atoms with Crippen molar-refractivity contribution in [3.8, 4) is 0 Å². The summed E-state index contributed by atoms with van der Waals surface area (Å²) < 4.78 is 72.4. The van der Waals surface area contributed by atoms with E-state index in [1.165, 1.54) is 36.4 Å². The Morgan fingerprint density at radius 2 is 1.97 bits per heavy atom. The number of ether oxygens (including phenoxy) is 1. The zero-order chi connectivity index (χ0) is 23.5. The van der Waals surface area contributed by atoms with Crippen LogP contribution in [0.2, 0.25) is 0 Å². The van der Waals surface area contributed by atoms with Gasteiger partial charge in [-0.1, -0.05) is 18.2 Å². The largest absolute Gasteiger partial charge is 0.416 e. The highest BCUT2D eigenvalue weighted by atomic mass is 32.2. The average Bonchev–Trinajstić information content (AvgIpc) is 2.76. The summed E-state index contributed by atoms with van der Waals surface area (Å²) in [6, 6.07) is 9.53. The predicted octanol–water partition coefficient (Wildman–Crippen LogP) is 3.95. The van der Waals surface area contributed by atoms with Crippen LogP contribution in [0.4, 0.5) is 18.9 Å². The Balaban J connectivity index is 1.97. The van der Waals surface area contributed by atoms with E-state index in [2.05, 4.69) is 6.58 Å². The molecule has 0 aromatic heterocycles. The zero-order valence-electron chi connectivity index (χ0n) is 17.4. The van der Waals surface area contributed by atoms with Crippen molar-refractivity contribution in [2.45, 2.75) is 24.1 Å². The second-order valence-electron chi connectivity index (χ2n) is 7.33. The number of hydrogen-bond acceptors (Lipinski definition) is 4. The molecule has 0 bridgehead atoms. The van der Waals surface area contributed by atoms with Crippen LogP contribution in [0.5, 0.6) is 0 Å². The maximum Gasteiger partial charge on any atom is 0.416 e. The Hall–Kier alpha value is -2.85. The van der Waals surface area contributed by atoms with Gasteiger partial charge in [-0.3, -0.25) is 9.10 Å². The van der Waals surface area contributed by atoms with Crippen molar-refractivity contribution in [2.75, 3.05) is 30.5 Å². The number of halogens is 3. The quantitative estimate of drug-likeness (QED) is 0.603. The summed E-state index contributed by atoms with van der Waals surface area (Å²) in [7, 11) is -4.28. The van der Waals surface area contributed by atoms with E-state index in [1.54, 1.807) is 4.90 Å². The molecule has 3 rings (SSSR count). The molecule has 1 amide bonds. The Bertz CT molecular complexity index is 1100. The number of carbonyl (C=O) groups is 1. The molecule has 2 aromatic carbocycles. The topological polar surface area (TPSA) is 66.9 Å². The van der Waals surface area contributed by atoms with Crippen molar-refractivity contribution in [1.29, 1.82) is 0 Å². The standard InChI is InChI=1S/C22H23F3N2O4S/c1-3-10-27(19-8-5-7-18(14-19)22(23,24)25)32(29,30)20-9-4-6-17(13-20)21(28)26-11-12-31-16(2)15-26/h3-9,13-14,16H,1,10-12,15H2,2H3. The van der Waals surface area contributed by atoms with E-state index in [0.29, 0.717) is 19.7 Å². The first-order valence-corrected chi connectivity index (χ1v) is 11.3. The zero-order valence-corrected chi connectivity index (χ0v) is 18.2. The molecule has 1 heterocycles. The lowest BCUT2D eigenvalue weighted by Gasteiger charge is -2.31. The monoisotopic (exact) mass is 468 g/mol. The highest BCUT2D eigenvalue weighted by molar-refractivity contribution is 7.92. The highest BCUT2D eigenvalue weighted by Gasteiger charge is 2.32. The number of sulfonamides is 1. The second-order valence-corrected chi connectivity index (χ2v) is 9.20. The molecule has 0 saturated carbocycles. The van der Waals surface area contributed by atoms with E-state index in [0.717, 1.165) is 22.5 Å². The van der Waals surface area contributed by atoms with Crippen LogP contribution in [0.25, 0.3) is 0 Å². The first-order valence-electron chi connectivity index (χ1n) is 9.86. The van der Waals surface area contributed by atoms with Gasteiger partial charge in [-0.05, 0) is 43.3 Å². The molecule has 0 radical (unpaired) electrons. The molecule has 1 fully saturated rings. The summed E-state index contributed by atoms with van der Waals surface area (Å²) in [5.74, 6) is -0.341. The summed E-state index contributed by atoms with van der Waals surface area (Å²) in [6.07, 6.45) is -3.48. The lowest BCUT2D eigenvalue weighted by atomic mass is 10.2. The van der Waals surface area contributed by atoms with Gasteiger partial charge in [0.1, 0.15) is 0 Å². The number of alkyl halides is 3. The van der Waals surface area contributed by atoms with Crippen molar-refractivity contribution < 1.29 is 31.1 Å². The highest BCUT2D eigenvalue weighted by Crippen LogP contribution is 2.33. The maximum atomic E-state index is 13.3. The number of anilines is 1. The van der Waals surface area contributed by atoms with Crippen LogP contribution in [0.1, 0.15) is 22.8 Å². The number of carbonyl (C=O) groups excluding carboxylic acids is 1. The molecular formula is C22H23F3N2O4S. The lowest BCUT2D eigenvalue weighted by molar-refractivity contribution is -0.137. The Kier molecular flexibility index (Phi) is 6.94. The summed E-state index contributed by atoms with van der Waals surface area (Å²) in [5, 5.41) is 0. The van der Waals surface area contributed by atoms with Gasteiger partial charge < -0.3 is 9.64 Å². The number of amides is 1. The van der Waals surface area contributed by atoms with Gasteiger partial charge in [0.15, 0.2) is 0 Å². The molecule has 1 aliphatic heterocycles. The number of benzene rings is 2. The summed E-state index contributed by atoms with van der Waals surface area (Å²) in [4.78, 5) is 14.2. The third-order valence-electron chi connectivity index (χ3n) is 4.95. The first kappa shape index (κ1) is 23.8. The van der Waals surface area contributed by atoms with Gasteiger partial charge in [-0.15, -0.1) is 6.58 Å². The maximum absolute atomic E-state index is 13.3. The SMILES string of the molecule is C=CCN(c1cccc(C(F)(F)F)c1)S(=O)(=O)c1cccc(C(=O)N2CCOC(C)C2)c1. The van der Waals surface area contributed by atoms with Gasteiger partial charge in [0.2, 0.25) is 0 Å². The smallest absolute Gasteiger partial charge is 0.375 e. The van der Waals surface area contributed by atoms with Crippen molar-refractivity contribution in [2.24, 2.45) is 0 Å². The van der Waals surface area contributed by atoms with Crippen LogP contribution in [0.15, 0.2) is 66.1 Å². The van der Waals surface area contributed by atoms with E-state index < -0.39 is 21.8 Å². The fourth-order valence-electron chi connectivity index (χ4n) is 3.40. The van der Waals surface area contributed by atoms with Crippen LogP contribution in [-0.4, -0.2) is 51.6 Å². The Morgan fingerprint density at radius 1 is 1.25 bits per heavy atom. The molecule has 1 atom stereocenters. The van der Waals surface area contributed by atoms with Crippen molar-refractivity contribution in [1.82, 2.24) is 4.90 Å². The molecule has 2 aromatic rings. The number of nitrogens with zero attached hydrogens (tertiary/aromatic N) is 2. The molecular weight excluding hydrogens is 445 g/mol. The average molecular weight is 468 g/mol. The lowest BCUT2D eigenvalue weighted by Crippen LogP contribution is -2.44. The normalized spacial score (nSPS) is 17.1. The Morgan fingerprint density at radius 3 is 2.62 bits per heavy atom. The van der Waals surface area contributed by atoms with Crippen LogP contribution in [-0.2, 0) is 20.9 Å². The third-order valence-corrected chi connectivity index (χ3v) is 6.74. The van der Waals surface area contributed by atoms with E-state index in [4.69, 9.17) is 4.74 Å². The molecule has 1 unspecified atom stereocenters. The van der Waals surface area contributed by atoms with E-state index in [-0.39, 0.29) is 34.7 Å². The van der Waals surface area contributed by atoms with Gasteiger partial charge in [0.05, 0.1) is 35.4 Å². The third kappa shape index (κ3) is 5.13. The number of morpholine rings is 1. The molecule has 172 valence electrons. The predicted molar refractivity (Wildman–Crippen MR) is 114 cm³/mol. The fraction of sp³-hybridized carbons (Fsp3) is 0.318. The van der Waals surface area contributed by atoms with Crippen LogP contribution < -0.4 is 4.31 Å². The van der Waals surface area contributed by atoms with E-state index in [9.17, 15) is 26.4 Å². The molecule has 0 spiro atoms. The van der Waals surface area contributed by atoms with Crippen LogP contribution >= 0.6 is 0 Å². The van der Waals surface area contributed by atoms with Gasteiger partial charge in [-0.25, -0.2) is 8.42 Å². The van der Waals surface area contributed by atoms with Gasteiger partial charge in [0.25, 0.3) is 15.9 Å². The van der Waals surface area contributed by atoms with Crippen LogP contribution in [0.3, 0.4) is 0 Å². The molecule has 1 saturated heterocycles. The van der Waals surface area contributed by atoms with E-state index in [1.807, 2.05) is 6.92 Å². The van der Waals surface area contributed by atoms with Crippen molar-refractivity contribution in [3.05, 3.63) is 72.3 Å². The fourth-order valence-corrected chi connectivity index (χ4v) is 4.87. The van der Waals surface area contributed by atoms with Crippen molar-refractivity contribution in [3.63, 3.8) is 0 Å². The first-order chi connectivity index (χ1) is 15.0. The number of rotatable bonds is 6. The summed E-state index contributed by atoms with van der Waals surface area (Å²) in [5.41, 5.74) is -0.953. The minimum atomic E-state index is -4.62. The number of hydrogen-bond donors (Lipinski definition) is 0. The second kappa shape index (κ2) is 9.33.